The van der Waals surface area contributed by atoms with Crippen molar-refractivity contribution in [1.29, 1.82) is 0 Å². The van der Waals surface area contributed by atoms with E-state index in [1.165, 1.54) is 0 Å². The molecule has 3 unspecified atom stereocenters. The largest absolute Gasteiger partial charge is 0.490 e. The smallest absolute Gasteiger partial charge is 0.386 e. The fraction of sp³-hybridized carbons (Fsp3) is 0.417. The van der Waals surface area contributed by atoms with Gasteiger partial charge in [0.25, 0.3) is 0 Å². The van der Waals surface area contributed by atoms with Gasteiger partial charge in [0.15, 0.2) is 23.3 Å². The SMILES string of the molecule is C#C[C@]1(O)C(n2cnc3c(N)ncnc32)O[C@H](COP(=O)(O)OP(=O)(O)OP(=O)(O)O)[C@H]1O. The molecule has 1 saturated heterocycles. The fourth-order valence-corrected chi connectivity index (χ4v) is 5.88. The summed E-state index contributed by atoms with van der Waals surface area (Å²) in [5, 5.41) is 21.3. The number of nitrogens with zero attached hydrogens (tertiary/aromatic N) is 4. The number of hydrogen-bond donors (Lipinski definition) is 7. The van der Waals surface area contributed by atoms with Crippen molar-refractivity contribution in [3.8, 4) is 12.3 Å². The van der Waals surface area contributed by atoms with Crippen LogP contribution in [-0.4, -0.2) is 73.7 Å². The molecule has 0 radical (unpaired) electrons. The van der Waals surface area contributed by atoms with Gasteiger partial charge in [-0.05, 0) is 0 Å². The van der Waals surface area contributed by atoms with Crippen LogP contribution in [0, 0.1) is 12.3 Å². The lowest BCUT2D eigenvalue weighted by Crippen LogP contribution is -2.45. The molecule has 0 aliphatic carbocycles. The normalized spacial score (nSPS) is 29.4. The maximum Gasteiger partial charge on any atom is 0.490 e. The van der Waals surface area contributed by atoms with Gasteiger partial charge in [-0.2, -0.15) is 8.62 Å². The van der Waals surface area contributed by atoms with Gasteiger partial charge in [0.05, 0.1) is 12.9 Å². The second kappa shape index (κ2) is 8.77. The lowest BCUT2D eigenvalue weighted by Gasteiger charge is -2.26. The second-order valence-electron chi connectivity index (χ2n) is 6.41. The summed E-state index contributed by atoms with van der Waals surface area (Å²) in [6.45, 7) is -1.06. The summed E-state index contributed by atoms with van der Waals surface area (Å²) in [6, 6.07) is 0. The lowest BCUT2D eigenvalue weighted by atomic mass is 9.95. The number of terminal acetylenes is 1. The molecule has 1 aliphatic heterocycles. The molecule has 0 amide bonds. The van der Waals surface area contributed by atoms with Gasteiger partial charge in [-0.1, -0.05) is 5.92 Å². The number of anilines is 1. The minimum absolute atomic E-state index is 0.00856. The van der Waals surface area contributed by atoms with Crippen LogP contribution in [0.15, 0.2) is 12.7 Å². The van der Waals surface area contributed by atoms with Gasteiger partial charge in [0, 0.05) is 0 Å². The Morgan fingerprint density at radius 2 is 1.85 bits per heavy atom. The van der Waals surface area contributed by atoms with Gasteiger partial charge in [-0.25, -0.2) is 28.6 Å². The molecule has 1 fully saturated rings. The lowest BCUT2D eigenvalue weighted by molar-refractivity contribution is -0.0717. The maximum absolute atomic E-state index is 11.9. The molecule has 0 bridgehead atoms. The Labute approximate surface area is 183 Å². The van der Waals surface area contributed by atoms with Crippen molar-refractivity contribution in [2.45, 2.75) is 24.0 Å². The number of ether oxygens (including phenoxy) is 1. The van der Waals surface area contributed by atoms with Crippen LogP contribution in [0.3, 0.4) is 0 Å². The van der Waals surface area contributed by atoms with Crippen molar-refractivity contribution in [3.63, 3.8) is 0 Å². The first kappa shape index (κ1) is 25.8. The van der Waals surface area contributed by atoms with Crippen LogP contribution in [0.5, 0.6) is 0 Å². The molecule has 2 aromatic heterocycles. The van der Waals surface area contributed by atoms with Crippen molar-refractivity contribution >= 4 is 40.4 Å². The Morgan fingerprint density at radius 1 is 1.18 bits per heavy atom. The van der Waals surface area contributed by atoms with Gasteiger partial charge < -0.3 is 40.3 Å². The first-order chi connectivity index (χ1) is 15.1. The van der Waals surface area contributed by atoms with E-state index in [9.17, 15) is 28.8 Å². The van der Waals surface area contributed by atoms with E-state index in [4.69, 9.17) is 31.6 Å². The monoisotopic (exact) mass is 531 g/mol. The van der Waals surface area contributed by atoms with Crippen LogP contribution in [0.25, 0.3) is 11.2 Å². The van der Waals surface area contributed by atoms with E-state index in [0.717, 1.165) is 17.2 Å². The zero-order valence-electron chi connectivity index (χ0n) is 15.9. The van der Waals surface area contributed by atoms with Gasteiger partial charge in [0.2, 0.25) is 0 Å². The molecule has 0 aromatic carbocycles. The summed E-state index contributed by atoms with van der Waals surface area (Å²) in [7, 11) is -16.8. The number of fused-ring (bicyclic) bond motifs is 1. The standard InChI is InChI=1S/C12H16N5O13P3/c1-2-12(19)8(18)6(3-27-32(23,24)30-33(25,26)29-31(20,21)22)28-11(12)17-5-16-7-9(13)14-4-15-10(7)17/h1,4-6,8,11,18-19H,3H2,(H,23,24)(H,25,26)(H2,13,14,15)(H2,20,21,22)/t6-,8-,11?,12-/m1/s1. The molecule has 0 saturated carbocycles. The summed E-state index contributed by atoms with van der Waals surface area (Å²) < 4.78 is 52.1. The summed E-state index contributed by atoms with van der Waals surface area (Å²) >= 11 is 0. The number of aromatic nitrogens is 4. The summed E-state index contributed by atoms with van der Waals surface area (Å²) in [6.07, 6.45) is 2.43. The summed E-state index contributed by atoms with van der Waals surface area (Å²) in [5.74, 6) is 1.94. The number of nitrogens with two attached hydrogens (primary N) is 1. The third kappa shape index (κ3) is 5.48. The van der Waals surface area contributed by atoms with Crippen LogP contribution in [0.1, 0.15) is 6.23 Å². The van der Waals surface area contributed by atoms with Gasteiger partial charge >= 0.3 is 23.5 Å². The molecule has 182 valence electrons. The predicted octanol–water partition coefficient (Wildman–Crippen LogP) is -1.63. The Balaban J connectivity index is 1.79. The van der Waals surface area contributed by atoms with Gasteiger partial charge in [0.1, 0.15) is 24.1 Å². The number of aliphatic hydroxyl groups excluding tert-OH is 1. The first-order valence-corrected chi connectivity index (χ1v) is 12.9. The Morgan fingerprint density at radius 3 is 2.45 bits per heavy atom. The van der Waals surface area contributed by atoms with Crippen LogP contribution in [0.4, 0.5) is 5.82 Å². The van der Waals surface area contributed by atoms with Crippen LogP contribution in [-0.2, 0) is 31.6 Å². The second-order valence-corrected chi connectivity index (χ2v) is 10.8. The maximum atomic E-state index is 11.9. The molecule has 3 heterocycles. The zero-order chi connectivity index (χ0) is 24.8. The van der Waals surface area contributed by atoms with Crippen molar-refractivity contribution in [3.05, 3.63) is 12.7 Å². The Kier molecular flexibility index (Phi) is 6.86. The number of rotatable bonds is 8. The number of imidazole rings is 1. The topological polar surface area (TPSA) is 279 Å². The van der Waals surface area contributed by atoms with Crippen LogP contribution in [0.2, 0.25) is 0 Å². The molecule has 33 heavy (non-hydrogen) atoms. The van der Waals surface area contributed by atoms with E-state index in [0.29, 0.717) is 0 Å². The summed E-state index contributed by atoms with van der Waals surface area (Å²) in [5.41, 5.74) is 3.42. The van der Waals surface area contributed by atoms with E-state index < -0.39 is 54.1 Å². The Hall–Kier alpha value is -1.80. The summed E-state index contributed by atoms with van der Waals surface area (Å²) in [4.78, 5) is 47.4. The molecule has 21 heteroatoms. The molecule has 18 nitrogen and oxygen atoms in total. The highest BCUT2D eigenvalue weighted by atomic mass is 31.3. The van der Waals surface area contributed by atoms with Gasteiger partial charge in [-0.15, -0.1) is 6.42 Å². The van der Waals surface area contributed by atoms with Crippen LogP contribution >= 0.6 is 23.5 Å². The molecule has 8 N–H and O–H groups in total. The minimum atomic E-state index is -5.75. The molecule has 0 spiro atoms. The average molecular weight is 531 g/mol. The number of hydrogen-bond acceptors (Lipinski definition) is 13. The number of phosphoric acid groups is 3. The first-order valence-electron chi connectivity index (χ1n) is 8.33. The van der Waals surface area contributed by atoms with E-state index >= 15 is 0 Å². The van der Waals surface area contributed by atoms with E-state index in [2.05, 4.69) is 28.1 Å². The molecular formula is C12H16N5O13P3. The number of nitrogen functional groups attached to an aromatic ring is 1. The molecule has 3 rings (SSSR count). The number of aliphatic hydroxyl groups is 2. The minimum Gasteiger partial charge on any atom is -0.386 e. The Bertz CT molecular complexity index is 1240. The highest BCUT2D eigenvalue weighted by molar-refractivity contribution is 7.66. The fourth-order valence-electron chi connectivity index (χ4n) is 2.85. The highest BCUT2D eigenvalue weighted by Gasteiger charge is 2.56. The third-order valence-electron chi connectivity index (χ3n) is 4.17. The molecular weight excluding hydrogens is 515 g/mol. The quantitative estimate of drug-likeness (QED) is 0.149. The van der Waals surface area contributed by atoms with E-state index in [1.54, 1.807) is 0 Å². The predicted molar refractivity (Wildman–Crippen MR) is 103 cm³/mol. The van der Waals surface area contributed by atoms with Crippen molar-refractivity contribution < 1.29 is 61.4 Å². The van der Waals surface area contributed by atoms with Crippen molar-refractivity contribution in [2.75, 3.05) is 12.3 Å². The van der Waals surface area contributed by atoms with E-state index in [1.807, 2.05) is 5.92 Å². The van der Waals surface area contributed by atoms with Gasteiger partial charge in [-0.3, -0.25) is 9.09 Å². The molecule has 1 aliphatic rings. The van der Waals surface area contributed by atoms with E-state index in [-0.39, 0.29) is 17.0 Å². The van der Waals surface area contributed by atoms with Crippen molar-refractivity contribution in [2.24, 2.45) is 0 Å². The zero-order valence-corrected chi connectivity index (χ0v) is 18.6. The average Bonchev–Trinajstić information content (AvgIpc) is 3.18. The van der Waals surface area contributed by atoms with Crippen molar-refractivity contribution in [1.82, 2.24) is 19.5 Å². The number of phosphoric ester groups is 1. The highest BCUT2D eigenvalue weighted by Crippen LogP contribution is 2.66. The molecule has 6 atom stereocenters. The third-order valence-corrected chi connectivity index (χ3v) is 7.97. The van der Waals surface area contributed by atoms with Crippen LogP contribution < -0.4 is 5.73 Å². The molecule has 2 aromatic rings.